The molecule has 2 rings (SSSR count). The van der Waals surface area contributed by atoms with Crippen LogP contribution >= 0.6 is 0 Å². The van der Waals surface area contributed by atoms with Crippen molar-refractivity contribution in [1.29, 1.82) is 0 Å². The topological polar surface area (TPSA) is 61.9 Å². The number of hydrogen-bond donors (Lipinski definition) is 1. The van der Waals surface area contributed by atoms with Gasteiger partial charge in [-0.05, 0) is 24.6 Å². The first kappa shape index (κ1) is 18.4. The number of morpholine rings is 1. The highest BCUT2D eigenvalue weighted by Gasteiger charge is 2.19. The molecule has 0 spiro atoms. The number of likely N-dealkylation sites (N-methyl/N-ethyl adjacent to an activating group) is 1. The van der Waals surface area contributed by atoms with Crippen LogP contribution < -0.4 is 5.32 Å². The van der Waals surface area contributed by atoms with Crippen LogP contribution in [0, 0.1) is 0 Å². The summed E-state index contributed by atoms with van der Waals surface area (Å²) in [5.41, 5.74) is 1.95. The van der Waals surface area contributed by atoms with Gasteiger partial charge in [-0.2, -0.15) is 0 Å². The van der Waals surface area contributed by atoms with Crippen LogP contribution in [0.3, 0.4) is 0 Å². The molecule has 1 aliphatic rings. The van der Waals surface area contributed by atoms with Gasteiger partial charge >= 0.3 is 0 Å². The van der Waals surface area contributed by atoms with Gasteiger partial charge in [0.05, 0.1) is 26.3 Å². The molecule has 6 nitrogen and oxygen atoms in total. The Morgan fingerprint density at radius 3 is 2.54 bits per heavy atom. The van der Waals surface area contributed by atoms with Gasteiger partial charge in [-0.1, -0.05) is 32.0 Å². The number of nitrogens with zero attached hydrogens (tertiary/aromatic N) is 2. The molecule has 24 heavy (non-hydrogen) atoms. The molecule has 1 saturated heterocycles. The van der Waals surface area contributed by atoms with Crippen LogP contribution in [0.25, 0.3) is 0 Å². The Morgan fingerprint density at radius 1 is 1.21 bits per heavy atom. The molecule has 0 aliphatic carbocycles. The molecule has 0 saturated carbocycles. The van der Waals surface area contributed by atoms with Crippen molar-refractivity contribution in [3.8, 4) is 0 Å². The van der Waals surface area contributed by atoms with E-state index in [0.29, 0.717) is 32.2 Å². The first-order valence-electron chi connectivity index (χ1n) is 8.40. The van der Waals surface area contributed by atoms with E-state index in [1.165, 1.54) is 0 Å². The second kappa shape index (κ2) is 8.80. The molecule has 1 N–H and O–H groups in total. The minimum Gasteiger partial charge on any atom is -0.378 e. The predicted molar refractivity (Wildman–Crippen MR) is 94.1 cm³/mol. The van der Waals surface area contributed by atoms with E-state index in [2.05, 4.69) is 19.2 Å². The number of carbonyl (C=O) groups excluding carboxylic acids is 2. The maximum atomic E-state index is 12.3. The molecule has 6 heteroatoms. The predicted octanol–water partition coefficient (Wildman–Crippen LogP) is 1.54. The number of rotatable bonds is 6. The smallest absolute Gasteiger partial charge is 0.238 e. The molecule has 0 aromatic heterocycles. The Morgan fingerprint density at radius 2 is 1.88 bits per heavy atom. The first-order chi connectivity index (χ1) is 11.5. The van der Waals surface area contributed by atoms with Crippen molar-refractivity contribution < 1.29 is 14.3 Å². The molecular weight excluding hydrogens is 306 g/mol. The van der Waals surface area contributed by atoms with E-state index in [9.17, 15) is 9.59 Å². The van der Waals surface area contributed by atoms with Crippen LogP contribution in [-0.2, 0) is 14.3 Å². The van der Waals surface area contributed by atoms with E-state index in [1.54, 1.807) is 16.8 Å². The van der Waals surface area contributed by atoms with E-state index >= 15 is 0 Å². The summed E-state index contributed by atoms with van der Waals surface area (Å²) in [4.78, 5) is 28.0. The van der Waals surface area contributed by atoms with E-state index < -0.39 is 0 Å². The Hall–Kier alpha value is -1.92. The van der Waals surface area contributed by atoms with Gasteiger partial charge in [-0.3, -0.25) is 14.5 Å². The summed E-state index contributed by atoms with van der Waals surface area (Å²) in [6.07, 6.45) is 0. The molecule has 2 amide bonds. The first-order valence-corrected chi connectivity index (χ1v) is 8.40. The minimum absolute atomic E-state index is 0.0381. The summed E-state index contributed by atoms with van der Waals surface area (Å²) >= 11 is 0. The van der Waals surface area contributed by atoms with Gasteiger partial charge in [-0.15, -0.1) is 0 Å². The second-order valence-corrected chi connectivity index (χ2v) is 6.46. The molecule has 0 unspecified atom stereocenters. The molecule has 1 aromatic carbocycles. The zero-order valence-electron chi connectivity index (χ0n) is 14.7. The Balaban J connectivity index is 1.84. The van der Waals surface area contributed by atoms with Gasteiger partial charge in [0.1, 0.15) is 0 Å². The molecule has 132 valence electrons. The summed E-state index contributed by atoms with van der Waals surface area (Å²) < 4.78 is 5.24. The van der Waals surface area contributed by atoms with E-state index in [1.807, 2.05) is 24.3 Å². The largest absolute Gasteiger partial charge is 0.378 e. The highest BCUT2D eigenvalue weighted by atomic mass is 16.5. The Kier molecular flexibility index (Phi) is 6.75. The van der Waals surface area contributed by atoms with Crippen LogP contribution in [0.1, 0.15) is 25.3 Å². The average molecular weight is 333 g/mol. The molecule has 0 bridgehead atoms. The van der Waals surface area contributed by atoms with Crippen LogP contribution in [0.2, 0.25) is 0 Å². The summed E-state index contributed by atoms with van der Waals surface area (Å²) in [7, 11) is 1.78. The molecule has 1 heterocycles. The van der Waals surface area contributed by atoms with Gasteiger partial charge < -0.3 is 15.0 Å². The third kappa shape index (κ3) is 5.32. The van der Waals surface area contributed by atoms with Crippen molar-refractivity contribution >= 4 is 17.5 Å². The Labute approximate surface area is 143 Å². The number of hydrogen-bond acceptors (Lipinski definition) is 4. The third-order valence-electron chi connectivity index (χ3n) is 4.04. The quantitative estimate of drug-likeness (QED) is 0.858. The lowest BCUT2D eigenvalue weighted by molar-refractivity contribution is -0.136. The lowest BCUT2D eigenvalue weighted by Gasteiger charge is -2.28. The van der Waals surface area contributed by atoms with Crippen molar-refractivity contribution in [2.75, 3.05) is 51.8 Å². The summed E-state index contributed by atoms with van der Waals surface area (Å²) in [6.45, 7) is 7.03. The summed E-state index contributed by atoms with van der Waals surface area (Å²) in [6, 6.07) is 7.81. The fourth-order valence-corrected chi connectivity index (χ4v) is 2.75. The molecule has 1 aliphatic heterocycles. The Bertz CT molecular complexity index is 568. The van der Waals surface area contributed by atoms with Gasteiger partial charge in [0, 0.05) is 18.8 Å². The number of benzene rings is 1. The number of amides is 2. The van der Waals surface area contributed by atoms with E-state index in [4.69, 9.17) is 4.74 Å². The van der Waals surface area contributed by atoms with E-state index in [0.717, 1.165) is 11.3 Å². The average Bonchev–Trinajstić information content (AvgIpc) is 2.55. The van der Waals surface area contributed by atoms with Gasteiger partial charge in [0.15, 0.2) is 0 Å². The van der Waals surface area contributed by atoms with Gasteiger partial charge in [0.25, 0.3) is 0 Å². The van der Waals surface area contributed by atoms with Crippen molar-refractivity contribution in [3.63, 3.8) is 0 Å². The van der Waals surface area contributed by atoms with E-state index in [-0.39, 0.29) is 24.9 Å². The standard InChI is InChI=1S/C18H27N3O3/c1-14(2)15-6-4-5-7-16(15)19-17(22)12-20(3)13-18(23)21-8-10-24-11-9-21/h4-7,14H,8-13H2,1-3H3,(H,19,22). The maximum Gasteiger partial charge on any atom is 0.238 e. The highest BCUT2D eigenvalue weighted by Crippen LogP contribution is 2.23. The van der Waals surface area contributed by atoms with Crippen molar-refractivity contribution in [2.45, 2.75) is 19.8 Å². The van der Waals surface area contributed by atoms with Crippen molar-refractivity contribution in [2.24, 2.45) is 0 Å². The molecular formula is C18H27N3O3. The van der Waals surface area contributed by atoms with Crippen LogP contribution in [0.15, 0.2) is 24.3 Å². The lowest BCUT2D eigenvalue weighted by atomic mass is 10.0. The normalized spacial score (nSPS) is 15.0. The minimum atomic E-state index is -0.111. The summed E-state index contributed by atoms with van der Waals surface area (Å²) in [5, 5.41) is 2.95. The van der Waals surface area contributed by atoms with Gasteiger partial charge in [-0.25, -0.2) is 0 Å². The fraction of sp³-hybridized carbons (Fsp3) is 0.556. The second-order valence-electron chi connectivity index (χ2n) is 6.46. The lowest BCUT2D eigenvalue weighted by Crippen LogP contribution is -2.46. The van der Waals surface area contributed by atoms with Crippen LogP contribution in [0.5, 0.6) is 0 Å². The number of carbonyl (C=O) groups is 2. The fourth-order valence-electron chi connectivity index (χ4n) is 2.75. The van der Waals surface area contributed by atoms with Gasteiger partial charge in [0.2, 0.25) is 11.8 Å². The van der Waals surface area contributed by atoms with Crippen molar-refractivity contribution in [3.05, 3.63) is 29.8 Å². The number of ether oxygens (including phenoxy) is 1. The zero-order valence-corrected chi connectivity index (χ0v) is 14.7. The molecule has 0 atom stereocenters. The number of para-hydroxylation sites is 1. The van der Waals surface area contributed by atoms with Crippen molar-refractivity contribution in [1.82, 2.24) is 9.80 Å². The third-order valence-corrected chi connectivity index (χ3v) is 4.04. The molecule has 1 aromatic rings. The number of anilines is 1. The van der Waals surface area contributed by atoms with Crippen LogP contribution in [0.4, 0.5) is 5.69 Å². The SMILES string of the molecule is CC(C)c1ccccc1NC(=O)CN(C)CC(=O)N1CCOCC1. The maximum absolute atomic E-state index is 12.3. The molecule has 1 fully saturated rings. The summed E-state index contributed by atoms with van der Waals surface area (Å²) in [5.74, 6) is 0.263. The number of nitrogens with one attached hydrogen (secondary N) is 1. The highest BCUT2D eigenvalue weighted by molar-refractivity contribution is 5.93. The zero-order chi connectivity index (χ0) is 17.5. The van der Waals surface area contributed by atoms with Crippen LogP contribution in [-0.4, -0.2) is 68.1 Å². The molecule has 0 radical (unpaired) electrons. The monoisotopic (exact) mass is 333 g/mol.